The average molecular weight is 211 g/mol. The second-order valence-corrected chi connectivity index (χ2v) is 3.37. The quantitative estimate of drug-likeness (QED) is 0.762. The van der Waals surface area contributed by atoms with Crippen molar-refractivity contribution in [2.45, 2.75) is 13.5 Å². The topological polar surface area (TPSA) is 75.4 Å². The van der Waals surface area contributed by atoms with Crippen LogP contribution in [0.1, 0.15) is 16.3 Å². The number of hydrogen-bond acceptors (Lipinski definition) is 3. The summed E-state index contributed by atoms with van der Waals surface area (Å²) in [6.07, 6.45) is 1.25. The molecule has 1 aromatic heterocycles. The highest BCUT2D eigenvalue weighted by molar-refractivity contribution is 5.86. The maximum atomic E-state index is 11.4. The van der Waals surface area contributed by atoms with Crippen LogP contribution < -0.4 is 0 Å². The number of carboxylic acid groups (broad SMARTS) is 1. The number of aryl methyl sites for hydroxylation is 1. The van der Waals surface area contributed by atoms with E-state index >= 15 is 0 Å². The van der Waals surface area contributed by atoms with Gasteiger partial charge < -0.3 is 14.6 Å². The summed E-state index contributed by atoms with van der Waals surface area (Å²) in [5.74, 6) is -0.733. The van der Waals surface area contributed by atoms with Gasteiger partial charge >= 0.3 is 5.97 Å². The molecule has 0 spiro atoms. The molecular formula is C9H13N3O3. The van der Waals surface area contributed by atoms with Gasteiger partial charge in [0.25, 0.3) is 0 Å². The zero-order valence-corrected chi connectivity index (χ0v) is 8.89. The molecule has 1 heterocycles. The minimum Gasteiger partial charge on any atom is -0.477 e. The van der Waals surface area contributed by atoms with Gasteiger partial charge in [0.05, 0.1) is 6.20 Å². The number of amides is 1. The van der Waals surface area contributed by atoms with Gasteiger partial charge in [-0.2, -0.15) is 0 Å². The Bertz CT molecular complexity index is 395. The third-order valence-electron chi connectivity index (χ3n) is 2.07. The van der Waals surface area contributed by atoms with E-state index in [4.69, 9.17) is 5.11 Å². The van der Waals surface area contributed by atoms with Crippen molar-refractivity contribution in [1.29, 1.82) is 0 Å². The van der Waals surface area contributed by atoms with Crippen LogP contribution in [0.15, 0.2) is 6.20 Å². The van der Waals surface area contributed by atoms with Gasteiger partial charge in [-0.25, -0.2) is 9.78 Å². The first kappa shape index (κ1) is 11.2. The van der Waals surface area contributed by atoms with Gasteiger partial charge in [0.2, 0.25) is 5.91 Å². The zero-order chi connectivity index (χ0) is 11.6. The Morgan fingerprint density at radius 3 is 2.60 bits per heavy atom. The first-order valence-corrected chi connectivity index (χ1v) is 4.39. The van der Waals surface area contributed by atoms with Crippen molar-refractivity contribution in [2.75, 3.05) is 14.1 Å². The average Bonchev–Trinajstić information content (AvgIpc) is 2.48. The van der Waals surface area contributed by atoms with E-state index in [2.05, 4.69) is 4.98 Å². The zero-order valence-electron chi connectivity index (χ0n) is 8.89. The summed E-state index contributed by atoms with van der Waals surface area (Å²) in [4.78, 5) is 27.5. The third-order valence-corrected chi connectivity index (χ3v) is 2.07. The fraction of sp³-hybridized carbons (Fsp3) is 0.444. The third kappa shape index (κ3) is 2.34. The number of carbonyl (C=O) groups is 2. The van der Waals surface area contributed by atoms with E-state index in [0.29, 0.717) is 5.82 Å². The Morgan fingerprint density at radius 2 is 2.13 bits per heavy atom. The molecule has 1 rings (SSSR count). The van der Waals surface area contributed by atoms with Crippen LogP contribution in [0.25, 0.3) is 0 Å². The molecule has 0 saturated carbocycles. The van der Waals surface area contributed by atoms with E-state index in [1.807, 2.05) is 0 Å². The van der Waals surface area contributed by atoms with E-state index in [1.165, 1.54) is 15.7 Å². The second-order valence-electron chi connectivity index (χ2n) is 3.37. The molecule has 6 heteroatoms. The fourth-order valence-electron chi connectivity index (χ4n) is 1.12. The Labute approximate surface area is 87.1 Å². The summed E-state index contributed by atoms with van der Waals surface area (Å²) in [5, 5.41) is 8.84. The minimum absolute atomic E-state index is 0.000463. The summed E-state index contributed by atoms with van der Waals surface area (Å²) in [5.41, 5.74) is 0.0303. The number of carbonyl (C=O) groups excluding carboxylic acids is 1. The number of carboxylic acids is 1. The molecule has 0 saturated heterocycles. The summed E-state index contributed by atoms with van der Waals surface area (Å²) >= 11 is 0. The molecule has 0 bridgehead atoms. The maximum absolute atomic E-state index is 11.4. The summed E-state index contributed by atoms with van der Waals surface area (Å²) in [6.45, 7) is 1.66. The molecule has 1 amide bonds. The Morgan fingerprint density at radius 1 is 1.53 bits per heavy atom. The molecule has 82 valence electrons. The van der Waals surface area contributed by atoms with Gasteiger partial charge in [-0.3, -0.25) is 4.79 Å². The molecule has 0 atom stereocenters. The number of hydrogen-bond donors (Lipinski definition) is 1. The standard InChI is InChI=1S/C9H13N3O3/c1-6-10-4-7(9(14)15)12(6)5-8(13)11(2)3/h4H,5H2,1-3H3,(H,14,15). The van der Waals surface area contributed by atoms with Crippen molar-refractivity contribution in [3.63, 3.8) is 0 Å². The molecular weight excluding hydrogens is 198 g/mol. The van der Waals surface area contributed by atoms with E-state index in [-0.39, 0.29) is 18.1 Å². The molecule has 0 radical (unpaired) electrons. The lowest BCUT2D eigenvalue weighted by Crippen LogP contribution is -2.28. The predicted octanol–water partition coefficient (Wildman–Crippen LogP) is -0.0221. The number of nitrogens with zero attached hydrogens (tertiary/aromatic N) is 3. The minimum atomic E-state index is -1.08. The van der Waals surface area contributed by atoms with E-state index in [0.717, 1.165) is 0 Å². The number of aromatic carboxylic acids is 1. The highest BCUT2D eigenvalue weighted by Gasteiger charge is 2.16. The molecule has 0 aliphatic rings. The monoisotopic (exact) mass is 211 g/mol. The Kier molecular flexibility index (Phi) is 3.08. The molecule has 0 aliphatic heterocycles. The van der Waals surface area contributed by atoms with Crippen molar-refractivity contribution in [3.8, 4) is 0 Å². The molecule has 0 aliphatic carbocycles. The van der Waals surface area contributed by atoms with Crippen LogP contribution in [-0.4, -0.2) is 45.5 Å². The SMILES string of the molecule is Cc1ncc(C(=O)O)n1CC(=O)N(C)C. The van der Waals surface area contributed by atoms with Crippen molar-refractivity contribution >= 4 is 11.9 Å². The van der Waals surface area contributed by atoms with Crippen LogP contribution in [0, 0.1) is 6.92 Å². The van der Waals surface area contributed by atoms with Crippen molar-refractivity contribution < 1.29 is 14.7 Å². The molecule has 0 aromatic carbocycles. The van der Waals surface area contributed by atoms with Gasteiger partial charge in [0, 0.05) is 14.1 Å². The summed E-state index contributed by atoms with van der Waals surface area (Å²) < 4.78 is 1.38. The Hall–Kier alpha value is -1.85. The molecule has 1 aromatic rings. The van der Waals surface area contributed by atoms with Gasteiger partial charge in [-0.15, -0.1) is 0 Å². The van der Waals surface area contributed by atoms with E-state index < -0.39 is 5.97 Å². The number of rotatable bonds is 3. The van der Waals surface area contributed by atoms with Crippen LogP contribution in [0.2, 0.25) is 0 Å². The van der Waals surface area contributed by atoms with Crippen molar-refractivity contribution in [1.82, 2.24) is 14.5 Å². The van der Waals surface area contributed by atoms with Gasteiger partial charge in [0.1, 0.15) is 18.1 Å². The summed E-state index contributed by atoms with van der Waals surface area (Å²) in [7, 11) is 3.24. The molecule has 0 fully saturated rings. The van der Waals surface area contributed by atoms with E-state index in [9.17, 15) is 9.59 Å². The first-order chi connectivity index (χ1) is 6.93. The van der Waals surface area contributed by atoms with Gasteiger partial charge in [0.15, 0.2) is 0 Å². The van der Waals surface area contributed by atoms with Gasteiger partial charge in [-0.1, -0.05) is 0 Å². The number of likely N-dealkylation sites (N-methyl/N-ethyl adjacent to an activating group) is 1. The van der Waals surface area contributed by atoms with E-state index in [1.54, 1.807) is 21.0 Å². The number of aromatic nitrogens is 2. The van der Waals surface area contributed by atoms with Crippen LogP contribution in [0.5, 0.6) is 0 Å². The molecule has 15 heavy (non-hydrogen) atoms. The molecule has 6 nitrogen and oxygen atoms in total. The van der Waals surface area contributed by atoms with Crippen molar-refractivity contribution in [3.05, 3.63) is 17.7 Å². The number of imidazole rings is 1. The summed E-state index contributed by atoms with van der Waals surface area (Å²) in [6, 6.07) is 0. The second kappa shape index (κ2) is 4.12. The Balaban J connectivity index is 2.98. The fourth-order valence-corrected chi connectivity index (χ4v) is 1.12. The van der Waals surface area contributed by atoms with Crippen LogP contribution in [-0.2, 0) is 11.3 Å². The predicted molar refractivity (Wildman–Crippen MR) is 52.6 cm³/mol. The van der Waals surface area contributed by atoms with Crippen molar-refractivity contribution in [2.24, 2.45) is 0 Å². The first-order valence-electron chi connectivity index (χ1n) is 4.39. The lowest BCUT2D eigenvalue weighted by atomic mass is 10.4. The smallest absolute Gasteiger partial charge is 0.354 e. The maximum Gasteiger partial charge on any atom is 0.354 e. The normalized spacial score (nSPS) is 10.1. The highest BCUT2D eigenvalue weighted by atomic mass is 16.4. The van der Waals surface area contributed by atoms with Crippen LogP contribution in [0.3, 0.4) is 0 Å². The van der Waals surface area contributed by atoms with Crippen LogP contribution in [0.4, 0.5) is 0 Å². The van der Waals surface area contributed by atoms with Crippen LogP contribution >= 0.6 is 0 Å². The molecule has 1 N–H and O–H groups in total. The van der Waals surface area contributed by atoms with Gasteiger partial charge in [-0.05, 0) is 6.92 Å². The largest absolute Gasteiger partial charge is 0.477 e. The lowest BCUT2D eigenvalue weighted by Gasteiger charge is -2.12. The lowest BCUT2D eigenvalue weighted by molar-refractivity contribution is -0.129. The molecule has 0 unspecified atom stereocenters. The highest BCUT2D eigenvalue weighted by Crippen LogP contribution is 2.05.